The molecule has 0 bridgehead atoms. The fraction of sp³-hybridized carbons (Fsp3) is 0.357. The van der Waals surface area contributed by atoms with Crippen LogP contribution in [0.5, 0.6) is 0 Å². The van der Waals surface area contributed by atoms with Crippen LogP contribution >= 0.6 is 11.5 Å². The van der Waals surface area contributed by atoms with E-state index in [1.807, 2.05) is 19.2 Å². The Morgan fingerprint density at radius 3 is 3.08 bits per heavy atom. The molecular formula is C14H16N8OS. The first kappa shape index (κ1) is 14.8. The van der Waals surface area contributed by atoms with E-state index in [4.69, 9.17) is 5.73 Å². The number of hydrogen-bond acceptors (Lipinski definition) is 8. The van der Waals surface area contributed by atoms with E-state index < -0.39 is 6.03 Å². The van der Waals surface area contributed by atoms with Gasteiger partial charge >= 0.3 is 6.03 Å². The molecule has 0 aliphatic carbocycles. The van der Waals surface area contributed by atoms with Gasteiger partial charge in [-0.25, -0.2) is 14.8 Å². The zero-order chi connectivity index (χ0) is 16.7. The van der Waals surface area contributed by atoms with E-state index in [0.29, 0.717) is 18.9 Å². The number of aryl methyl sites for hydroxylation is 1. The third-order valence-corrected chi connectivity index (χ3v) is 4.87. The Balaban J connectivity index is 1.48. The molecule has 1 aromatic rings. The molecule has 2 unspecified atom stereocenters. The van der Waals surface area contributed by atoms with Crippen LogP contribution in [-0.2, 0) is 0 Å². The average molecular weight is 344 g/mol. The average Bonchev–Trinajstić information content (AvgIpc) is 3.26. The van der Waals surface area contributed by atoms with Gasteiger partial charge in [-0.05, 0) is 24.5 Å². The largest absolute Gasteiger partial charge is 0.350 e. The Labute approximate surface area is 142 Å². The number of amidine groups is 2. The Kier molecular flexibility index (Phi) is 3.53. The molecule has 24 heavy (non-hydrogen) atoms. The number of rotatable bonds is 2. The standard InChI is InChI=1S/C14H16N8OS/c1-8-4-11(24-20-8)19-12-13-17-6-10(21(13)3-2-16-12)9-5-18-22(7-9)14(15)23/h2-5,9-10H,6-7H2,1H3,(H2,15,23)(H,16,19). The lowest BCUT2D eigenvalue weighted by Gasteiger charge is -2.29. The van der Waals surface area contributed by atoms with Crippen LogP contribution in [0.3, 0.4) is 0 Å². The minimum Gasteiger partial charge on any atom is -0.350 e. The van der Waals surface area contributed by atoms with Gasteiger partial charge in [-0.3, -0.25) is 4.99 Å². The third kappa shape index (κ3) is 2.54. The molecule has 3 aliphatic heterocycles. The van der Waals surface area contributed by atoms with Crippen molar-refractivity contribution in [3.8, 4) is 0 Å². The molecule has 4 heterocycles. The molecule has 2 amide bonds. The van der Waals surface area contributed by atoms with Crippen molar-refractivity contribution >= 4 is 40.5 Å². The van der Waals surface area contributed by atoms with Gasteiger partial charge in [0, 0.05) is 24.5 Å². The molecule has 10 heteroatoms. The van der Waals surface area contributed by atoms with Crippen molar-refractivity contribution in [1.82, 2.24) is 14.3 Å². The number of carbonyl (C=O) groups excluding carboxylic acids is 1. The summed E-state index contributed by atoms with van der Waals surface area (Å²) in [6.45, 7) is 3.04. The van der Waals surface area contributed by atoms with Crippen LogP contribution in [-0.4, -0.2) is 57.3 Å². The summed E-state index contributed by atoms with van der Waals surface area (Å²) in [5, 5.41) is 9.55. The summed E-state index contributed by atoms with van der Waals surface area (Å²) in [7, 11) is 0. The fourth-order valence-electron chi connectivity index (χ4n) is 2.92. The molecule has 0 saturated carbocycles. The first-order chi connectivity index (χ1) is 11.6. The molecule has 1 aromatic heterocycles. The lowest BCUT2D eigenvalue weighted by Crippen LogP contribution is -2.45. The van der Waals surface area contributed by atoms with Gasteiger partial charge in [0.2, 0.25) is 0 Å². The molecule has 124 valence electrons. The van der Waals surface area contributed by atoms with Crippen LogP contribution in [0.2, 0.25) is 0 Å². The smallest absolute Gasteiger partial charge is 0.335 e. The maximum absolute atomic E-state index is 11.2. The molecule has 0 spiro atoms. The van der Waals surface area contributed by atoms with Crippen molar-refractivity contribution < 1.29 is 4.79 Å². The number of urea groups is 1. The fourth-order valence-corrected chi connectivity index (χ4v) is 3.58. The van der Waals surface area contributed by atoms with Gasteiger partial charge in [0.1, 0.15) is 5.00 Å². The van der Waals surface area contributed by atoms with Crippen molar-refractivity contribution in [3.63, 3.8) is 0 Å². The summed E-state index contributed by atoms with van der Waals surface area (Å²) in [5.74, 6) is 1.57. The highest BCUT2D eigenvalue weighted by molar-refractivity contribution is 7.10. The summed E-state index contributed by atoms with van der Waals surface area (Å²) in [4.78, 5) is 22.3. The Bertz CT molecular complexity index is 794. The highest BCUT2D eigenvalue weighted by Gasteiger charge is 2.38. The molecule has 3 aliphatic rings. The SMILES string of the molecule is Cc1cc(NC2=NC=CN3C2=NCC3C2C=NN(C(N)=O)C2)sn1. The summed E-state index contributed by atoms with van der Waals surface area (Å²) >= 11 is 1.39. The minimum atomic E-state index is -0.536. The van der Waals surface area contributed by atoms with E-state index in [9.17, 15) is 4.79 Å². The van der Waals surface area contributed by atoms with E-state index in [0.717, 1.165) is 16.5 Å². The first-order valence-electron chi connectivity index (χ1n) is 7.51. The predicted octanol–water partition coefficient (Wildman–Crippen LogP) is 0.826. The van der Waals surface area contributed by atoms with Gasteiger partial charge in [0.25, 0.3) is 0 Å². The van der Waals surface area contributed by atoms with Crippen LogP contribution in [0, 0.1) is 12.8 Å². The predicted molar refractivity (Wildman–Crippen MR) is 93.2 cm³/mol. The van der Waals surface area contributed by atoms with Gasteiger partial charge in [-0.1, -0.05) is 0 Å². The van der Waals surface area contributed by atoms with E-state index in [1.165, 1.54) is 16.5 Å². The Morgan fingerprint density at radius 2 is 2.38 bits per heavy atom. The molecule has 0 saturated heterocycles. The van der Waals surface area contributed by atoms with Gasteiger partial charge in [0.15, 0.2) is 11.7 Å². The number of aromatic nitrogens is 1. The normalized spacial score (nSPS) is 24.9. The molecule has 2 atom stereocenters. The van der Waals surface area contributed by atoms with Crippen LogP contribution in [0.25, 0.3) is 0 Å². The minimum absolute atomic E-state index is 0.0772. The zero-order valence-corrected chi connectivity index (χ0v) is 13.8. The topological polar surface area (TPSA) is 112 Å². The van der Waals surface area contributed by atoms with Gasteiger partial charge < -0.3 is 16.0 Å². The lowest BCUT2D eigenvalue weighted by atomic mass is 10.0. The van der Waals surface area contributed by atoms with Crippen molar-refractivity contribution in [2.24, 2.45) is 26.7 Å². The van der Waals surface area contributed by atoms with E-state index in [1.54, 1.807) is 12.4 Å². The number of hydrazone groups is 1. The van der Waals surface area contributed by atoms with Crippen LogP contribution in [0.15, 0.2) is 33.6 Å². The first-order valence-corrected chi connectivity index (χ1v) is 8.28. The van der Waals surface area contributed by atoms with Crippen molar-refractivity contribution in [2.75, 3.05) is 18.4 Å². The number of amides is 2. The number of fused-ring (bicyclic) bond motifs is 1. The van der Waals surface area contributed by atoms with Gasteiger partial charge in [-0.2, -0.15) is 9.47 Å². The van der Waals surface area contributed by atoms with Crippen LogP contribution in [0.1, 0.15) is 5.69 Å². The third-order valence-electron chi connectivity index (χ3n) is 4.07. The second kappa shape index (κ2) is 5.71. The number of primary amides is 1. The number of nitrogens with one attached hydrogen (secondary N) is 1. The van der Waals surface area contributed by atoms with Crippen LogP contribution in [0.4, 0.5) is 9.80 Å². The second-order valence-corrected chi connectivity index (χ2v) is 6.53. The highest BCUT2D eigenvalue weighted by atomic mass is 32.1. The molecule has 4 rings (SSSR count). The van der Waals surface area contributed by atoms with Crippen LogP contribution < -0.4 is 11.1 Å². The van der Waals surface area contributed by atoms with E-state index in [-0.39, 0.29) is 12.0 Å². The number of nitrogens with two attached hydrogens (primary N) is 1. The Morgan fingerprint density at radius 1 is 1.50 bits per heavy atom. The van der Waals surface area contributed by atoms with Crippen molar-refractivity contribution in [3.05, 3.63) is 24.2 Å². The number of carbonyl (C=O) groups is 1. The monoisotopic (exact) mass is 344 g/mol. The summed E-state index contributed by atoms with van der Waals surface area (Å²) in [5.41, 5.74) is 6.25. The molecule has 0 aromatic carbocycles. The molecular weight excluding hydrogens is 328 g/mol. The molecule has 0 radical (unpaired) electrons. The molecule has 9 nitrogen and oxygen atoms in total. The van der Waals surface area contributed by atoms with Crippen molar-refractivity contribution in [2.45, 2.75) is 13.0 Å². The maximum Gasteiger partial charge on any atom is 0.335 e. The highest BCUT2D eigenvalue weighted by Crippen LogP contribution is 2.25. The summed E-state index contributed by atoms with van der Waals surface area (Å²) in [6.07, 6.45) is 5.42. The number of aliphatic imine (C=N–C) groups is 2. The number of nitrogens with zero attached hydrogens (tertiary/aromatic N) is 6. The maximum atomic E-state index is 11.2. The second-order valence-electron chi connectivity index (χ2n) is 5.72. The number of anilines is 1. The summed E-state index contributed by atoms with van der Waals surface area (Å²) < 4.78 is 4.26. The van der Waals surface area contributed by atoms with Gasteiger partial charge in [0.05, 0.1) is 24.8 Å². The molecule has 3 N–H and O–H groups in total. The van der Waals surface area contributed by atoms with E-state index in [2.05, 4.69) is 29.7 Å². The zero-order valence-electron chi connectivity index (χ0n) is 13.0. The summed E-state index contributed by atoms with van der Waals surface area (Å²) in [6, 6.07) is 1.53. The number of hydrogen-bond donors (Lipinski definition) is 2. The lowest BCUT2D eigenvalue weighted by molar-refractivity contribution is 0.207. The van der Waals surface area contributed by atoms with E-state index >= 15 is 0 Å². The van der Waals surface area contributed by atoms with Crippen molar-refractivity contribution in [1.29, 1.82) is 0 Å². The quantitative estimate of drug-likeness (QED) is 0.827. The Hall–Kier alpha value is -2.75. The molecule has 0 fully saturated rings. The van der Waals surface area contributed by atoms with Gasteiger partial charge in [-0.15, -0.1) is 0 Å².